The second-order valence-corrected chi connectivity index (χ2v) is 21.0. The van der Waals surface area contributed by atoms with Crippen LogP contribution in [-0.4, -0.2) is 57.5 Å². The monoisotopic (exact) mass is 779 g/mol. The fourth-order valence-electron chi connectivity index (χ4n) is 13.4. The number of halogens is 1. The normalized spacial score (nSPS) is 36.0. The number of benzene rings is 1. The number of esters is 1. The van der Waals surface area contributed by atoms with E-state index >= 15 is 0 Å². The van der Waals surface area contributed by atoms with Gasteiger partial charge in [0.25, 0.3) is 0 Å². The molecule has 0 aromatic heterocycles. The van der Waals surface area contributed by atoms with Crippen LogP contribution in [0.15, 0.2) is 35.4 Å². The first-order valence-corrected chi connectivity index (χ1v) is 21.2. The zero-order valence-corrected chi connectivity index (χ0v) is 35.8. The van der Waals surface area contributed by atoms with Crippen molar-refractivity contribution < 1.29 is 34.1 Å². The fraction of sp³-hybridized carbons (Fsp3) is 0.739. The van der Waals surface area contributed by atoms with E-state index in [2.05, 4.69) is 48.5 Å². The Bertz CT molecular complexity index is 1750. The number of carboxylic acids is 1. The number of aliphatic hydroxyl groups excluding tert-OH is 1. The minimum absolute atomic E-state index is 0.00981. The number of aliphatic hydroxyl groups is 1. The number of hydrogen-bond acceptors (Lipinski definition) is 6. The summed E-state index contributed by atoms with van der Waals surface area (Å²) in [7, 11) is 0. The molecule has 9 atom stereocenters. The third-order valence-corrected chi connectivity index (χ3v) is 16.9. The third kappa shape index (κ3) is 6.71. The van der Waals surface area contributed by atoms with E-state index in [4.69, 9.17) is 16.3 Å². The molecule has 0 spiro atoms. The van der Waals surface area contributed by atoms with Crippen LogP contribution in [0.2, 0.25) is 5.02 Å². The number of allylic oxidation sites excluding steroid dienone is 1. The van der Waals surface area contributed by atoms with E-state index in [0.29, 0.717) is 36.2 Å². The predicted octanol–water partition coefficient (Wildman–Crippen LogP) is 9.44. The van der Waals surface area contributed by atoms with Crippen LogP contribution in [0.1, 0.15) is 139 Å². The number of carboxylic acid groups (broad SMARTS) is 1. The molecule has 0 saturated heterocycles. The molecule has 304 valence electrons. The topological polar surface area (TPSA) is 121 Å². The first-order valence-electron chi connectivity index (χ1n) is 20.8. The van der Waals surface area contributed by atoms with Crippen molar-refractivity contribution in [2.24, 2.45) is 56.2 Å². The summed E-state index contributed by atoms with van der Waals surface area (Å²) in [6, 6.07) is 7.45. The zero-order chi connectivity index (χ0) is 40.7. The summed E-state index contributed by atoms with van der Waals surface area (Å²) in [4.78, 5) is 53.8. The Balaban J connectivity index is 1.29. The minimum Gasteiger partial charge on any atom is -0.481 e. The van der Waals surface area contributed by atoms with E-state index in [0.717, 1.165) is 56.1 Å². The van der Waals surface area contributed by atoms with Crippen LogP contribution in [0.5, 0.6) is 0 Å². The Labute approximate surface area is 334 Å². The van der Waals surface area contributed by atoms with Gasteiger partial charge in [-0.05, 0) is 128 Å². The quantitative estimate of drug-likeness (QED) is 0.227. The van der Waals surface area contributed by atoms with Gasteiger partial charge in [0.15, 0.2) is 5.78 Å². The van der Waals surface area contributed by atoms with Crippen molar-refractivity contribution >= 4 is 35.2 Å². The number of amides is 1. The smallest absolute Gasteiger partial charge is 0.309 e. The first-order chi connectivity index (χ1) is 25.4. The zero-order valence-electron chi connectivity index (χ0n) is 35.0. The van der Waals surface area contributed by atoms with Crippen molar-refractivity contribution in [2.45, 2.75) is 152 Å². The second kappa shape index (κ2) is 14.3. The van der Waals surface area contributed by atoms with E-state index in [1.165, 1.54) is 5.57 Å². The molecule has 0 heterocycles. The summed E-state index contributed by atoms with van der Waals surface area (Å²) in [5.41, 5.74) is 0.809. The summed E-state index contributed by atoms with van der Waals surface area (Å²) in [5.74, 6) is -0.431. The van der Waals surface area contributed by atoms with Gasteiger partial charge in [-0.2, -0.15) is 0 Å². The Morgan fingerprint density at radius 3 is 2.18 bits per heavy atom. The van der Waals surface area contributed by atoms with Gasteiger partial charge < -0.3 is 19.8 Å². The Hall–Kier alpha value is -2.71. The molecule has 0 unspecified atom stereocenters. The SMILES string of the molecule is CC(=O)N(Cc1ccc(Cl)cc1)C[C@@H](O)[C@]12CC[C@]3(C)[C@H](CC[C@@H]4[C@@]5(C)CC[C@H](OC(=O)CC(C)(C)C(=O)O)C(C)(C)[C@@H]5CC[C@]43C)C1=C(C(C)C)C(=O)C2. The van der Waals surface area contributed by atoms with Crippen LogP contribution in [0, 0.1) is 56.2 Å². The summed E-state index contributed by atoms with van der Waals surface area (Å²) in [6.45, 7) is 21.5. The highest BCUT2D eigenvalue weighted by molar-refractivity contribution is 6.30. The minimum atomic E-state index is -1.18. The van der Waals surface area contributed by atoms with Crippen molar-refractivity contribution in [2.75, 3.05) is 6.54 Å². The number of carbonyl (C=O) groups excluding carboxylic acids is 3. The predicted molar refractivity (Wildman–Crippen MR) is 214 cm³/mol. The van der Waals surface area contributed by atoms with Gasteiger partial charge in [-0.3, -0.25) is 19.2 Å². The van der Waals surface area contributed by atoms with Crippen molar-refractivity contribution in [3.05, 3.63) is 46.0 Å². The van der Waals surface area contributed by atoms with Crippen LogP contribution in [0.4, 0.5) is 0 Å². The second-order valence-electron chi connectivity index (χ2n) is 20.6. The fourth-order valence-corrected chi connectivity index (χ4v) is 13.5. The molecule has 0 aliphatic heterocycles. The molecular weight excluding hydrogens is 714 g/mol. The molecule has 5 aliphatic carbocycles. The van der Waals surface area contributed by atoms with Gasteiger partial charge in [0.1, 0.15) is 6.10 Å². The summed E-state index contributed by atoms with van der Waals surface area (Å²) < 4.78 is 6.16. The Morgan fingerprint density at radius 1 is 0.927 bits per heavy atom. The van der Waals surface area contributed by atoms with Gasteiger partial charge in [-0.15, -0.1) is 0 Å². The lowest BCUT2D eigenvalue weighted by Gasteiger charge is -2.72. The molecule has 0 radical (unpaired) electrons. The van der Waals surface area contributed by atoms with Crippen molar-refractivity contribution in [1.82, 2.24) is 4.90 Å². The lowest BCUT2D eigenvalue weighted by Crippen LogP contribution is -2.66. The molecule has 8 nitrogen and oxygen atoms in total. The summed E-state index contributed by atoms with van der Waals surface area (Å²) in [6.07, 6.45) is 6.35. The summed E-state index contributed by atoms with van der Waals surface area (Å²) >= 11 is 6.14. The van der Waals surface area contributed by atoms with Gasteiger partial charge in [0, 0.05) is 42.3 Å². The molecular formula is C46H66ClNO7. The van der Waals surface area contributed by atoms with Crippen LogP contribution >= 0.6 is 11.6 Å². The number of ether oxygens (including phenoxy) is 1. The molecule has 1 amide bonds. The van der Waals surface area contributed by atoms with E-state index in [1.807, 2.05) is 24.3 Å². The van der Waals surface area contributed by atoms with E-state index in [1.54, 1.807) is 25.7 Å². The average molecular weight is 780 g/mol. The van der Waals surface area contributed by atoms with Gasteiger partial charge in [-0.25, -0.2) is 0 Å². The van der Waals surface area contributed by atoms with Gasteiger partial charge >= 0.3 is 11.9 Å². The maximum absolute atomic E-state index is 14.2. The number of nitrogens with zero attached hydrogens (tertiary/aromatic N) is 1. The summed E-state index contributed by atoms with van der Waals surface area (Å²) in [5, 5.41) is 22.7. The maximum Gasteiger partial charge on any atom is 0.309 e. The van der Waals surface area contributed by atoms with Crippen molar-refractivity contribution in [3.63, 3.8) is 0 Å². The molecule has 0 bridgehead atoms. The molecule has 9 heteroatoms. The van der Waals surface area contributed by atoms with E-state index in [9.17, 15) is 29.4 Å². The highest BCUT2D eigenvalue weighted by atomic mass is 35.5. The van der Waals surface area contributed by atoms with Crippen LogP contribution in [0.3, 0.4) is 0 Å². The number of aliphatic carboxylic acids is 1. The lowest BCUT2D eigenvalue weighted by atomic mass is 9.33. The molecule has 55 heavy (non-hydrogen) atoms. The van der Waals surface area contributed by atoms with Crippen LogP contribution in [0.25, 0.3) is 0 Å². The molecule has 6 rings (SSSR count). The molecule has 1 aromatic rings. The maximum atomic E-state index is 14.2. The largest absolute Gasteiger partial charge is 0.481 e. The average Bonchev–Trinajstić information content (AvgIpc) is 3.40. The molecule has 5 aliphatic rings. The molecule has 4 fully saturated rings. The number of fused-ring (bicyclic) bond motifs is 7. The van der Waals surface area contributed by atoms with Gasteiger partial charge in [0.2, 0.25) is 5.91 Å². The molecule has 4 saturated carbocycles. The van der Waals surface area contributed by atoms with E-state index in [-0.39, 0.29) is 64.3 Å². The Morgan fingerprint density at radius 2 is 1.58 bits per heavy atom. The number of Topliss-reactive ketones (excluding diaryl/α,β-unsaturated/α-hetero) is 1. The number of rotatable bonds is 10. The molecule has 1 aromatic carbocycles. The van der Waals surface area contributed by atoms with Crippen molar-refractivity contribution in [1.29, 1.82) is 0 Å². The van der Waals surface area contributed by atoms with Crippen LogP contribution in [-0.2, 0) is 30.5 Å². The molecule has 2 N–H and O–H groups in total. The number of ketones is 1. The number of carbonyl (C=O) groups is 4. The van der Waals surface area contributed by atoms with Crippen molar-refractivity contribution in [3.8, 4) is 0 Å². The Kier molecular flexibility index (Phi) is 10.9. The lowest BCUT2D eigenvalue weighted by molar-refractivity contribution is -0.235. The first kappa shape index (κ1) is 41.9. The highest BCUT2D eigenvalue weighted by Gasteiger charge is 2.71. The highest BCUT2D eigenvalue weighted by Crippen LogP contribution is 2.77. The van der Waals surface area contributed by atoms with Gasteiger partial charge in [0.05, 0.1) is 17.9 Å². The third-order valence-electron chi connectivity index (χ3n) is 16.6. The van der Waals surface area contributed by atoms with E-state index < -0.39 is 28.9 Å². The van der Waals surface area contributed by atoms with Crippen LogP contribution < -0.4 is 0 Å². The standard InChI is InChI=1S/C46H66ClNO7/c1-27(2)38-32(50)23-46(35(51)26-48(28(3)49)25-29-11-13-30(47)14-12-29)22-21-44(9)31(39(38)46)15-16-34-43(8)19-18-36(55-37(52)24-41(4,5)40(53)54)42(6,7)33(43)17-20-45(34,44)10/h11-14,27,31,33-36,51H,15-26H2,1-10H3,(H,53,54)/t31-,33+,34-,35-,36+,43+,44-,45-,46-/m1/s1. The van der Waals surface area contributed by atoms with Gasteiger partial charge in [-0.1, -0.05) is 77.8 Å². The number of hydrogen-bond donors (Lipinski definition) is 2.